The third-order valence-corrected chi connectivity index (χ3v) is 8.06. The molecule has 0 atom stereocenters. The molecule has 0 radical (unpaired) electrons. The highest BCUT2D eigenvalue weighted by Crippen LogP contribution is 2.35. The molecule has 1 N–H and O–H groups in total. The minimum Gasteiger partial charge on any atom is -0.508 e. The summed E-state index contributed by atoms with van der Waals surface area (Å²) in [4.78, 5) is 2.15. The Balaban J connectivity index is 1.16. The van der Waals surface area contributed by atoms with E-state index in [2.05, 4.69) is 53.4 Å². The van der Waals surface area contributed by atoms with E-state index < -0.39 is 0 Å². The van der Waals surface area contributed by atoms with Crippen molar-refractivity contribution in [3.05, 3.63) is 205 Å². The summed E-state index contributed by atoms with van der Waals surface area (Å²) in [5.74, 6) is 0.217. The molecule has 0 aliphatic rings. The molecule has 0 heterocycles. The van der Waals surface area contributed by atoms with Crippen LogP contribution in [0.3, 0.4) is 0 Å². The number of nitrogens with zero attached hydrogens (tertiary/aromatic N) is 5. The topological polar surface area (TPSA) is 54.7 Å². The number of anilines is 7. The summed E-state index contributed by atoms with van der Waals surface area (Å²) in [6, 6.07) is 64.2. The zero-order valence-corrected chi connectivity index (χ0v) is 27.3. The van der Waals surface area contributed by atoms with Crippen LogP contribution in [-0.4, -0.2) is 17.5 Å². The molecule has 6 nitrogen and oxygen atoms in total. The number of aromatic hydroxyl groups is 1. The minimum atomic E-state index is 0.217. The molecule has 0 fully saturated rings. The summed E-state index contributed by atoms with van der Waals surface area (Å²) >= 11 is 0. The van der Waals surface area contributed by atoms with Gasteiger partial charge in [0.2, 0.25) is 0 Å². The predicted octanol–water partition coefficient (Wildman–Crippen LogP) is 11.2. The van der Waals surface area contributed by atoms with Crippen LogP contribution < -0.4 is 14.9 Å². The molecule has 0 aromatic heterocycles. The van der Waals surface area contributed by atoms with E-state index in [4.69, 9.17) is 10.2 Å². The lowest BCUT2D eigenvalue weighted by Gasteiger charge is -2.25. The van der Waals surface area contributed by atoms with E-state index in [1.165, 1.54) is 0 Å². The van der Waals surface area contributed by atoms with E-state index in [-0.39, 0.29) is 5.75 Å². The molecule has 0 aliphatic carbocycles. The van der Waals surface area contributed by atoms with Crippen molar-refractivity contribution in [3.8, 4) is 5.75 Å². The standard InChI is InChI=1S/C44H35N5O/c50-44-31-29-39(30-32-44)47(37-25-21-35(22-26-37)33-45-48(40-13-5-1-6-14-40)41-15-7-2-8-16-41)38-27-23-36(24-28-38)34-46-49(42-17-9-3-10-18-42)43-19-11-4-12-20-43/h1-34,50H/b45-33+,46-34+. The van der Waals surface area contributed by atoms with Gasteiger partial charge in [0, 0.05) is 17.1 Å². The third-order valence-electron chi connectivity index (χ3n) is 8.06. The summed E-state index contributed by atoms with van der Waals surface area (Å²) < 4.78 is 0. The largest absolute Gasteiger partial charge is 0.508 e. The van der Waals surface area contributed by atoms with E-state index in [9.17, 15) is 5.11 Å². The molecule has 0 amide bonds. The van der Waals surface area contributed by atoms with Crippen molar-refractivity contribution >= 4 is 52.2 Å². The van der Waals surface area contributed by atoms with Crippen molar-refractivity contribution < 1.29 is 5.11 Å². The van der Waals surface area contributed by atoms with Crippen molar-refractivity contribution in [2.24, 2.45) is 10.2 Å². The van der Waals surface area contributed by atoms with Crippen LogP contribution in [-0.2, 0) is 0 Å². The van der Waals surface area contributed by atoms with Crippen LogP contribution in [0.2, 0.25) is 0 Å². The summed E-state index contributed by atoms with van der Waals surface area (Å²) in [5, 5.41) is 23.6. The van der Waals surface area contributed by atoms with Crippen LogP contribution in [0.4, 0.5) is 39.8 Å². The molecule has 7 aromatic carbocycles. The van der Waals surface area contributed by atoms with Crippen LogP contribution in [0.5, 0.6) is 5.75 Å². The maximum atomic E-state index is 10.0. The molecule has 6 heteroatoms. The molecule has 0 saturated heterocycles. The Hall–Kier alpha value is -6.92. The molecule has 0 bridgehead atoms. The first-order valence-corrected chi connectivity index (χ1v) is 16.4. The summed E-state index contributed by atoms with van der Waals surface area (Å²) in [6.07, 6.45) is 3.74. The second kappa shape index (κ2) is 15.3. The van der Waals surface area contributed by atoms with Gasteiger partial charge < -0.3 is 10.0 Å². The van der Waals surface area contributed by atoms with Gasteiger partial charge in [-0.25, -0.2) is 10.0 Å². The second-order valence-electron chi connectivity index (χ2n) is 11.5. The van der Waals surface area contributed by atoms with Crippen LogP contribution in [0.1, 0.15) is 11.1 Å². The van der Waals surface area contributed by atoms with Gasteiger partial charge in [0.1, 0.15) is 5.75 Å². The monoisotopic (exact) mass is 649 g/mol. The highest BCUT2D eigenvalue weighted by atomic mass is 16.3. The Morgan fingerprint density at radius 2 is 0.600 bits per heavy atom. The number of phenolic OH excluding ortho intramolecular Hbond substituents is 1. The van der Waals surface area contributed by atoms with E-state index >= 15 is 0 Å². The van der Waals surface area contributed by atoms with Gasteiger partial charge in [-0.1, -0.05) is 97.1 Å². The fraction of sp³-hybridized carbons (Fsp3) is 0. The van der Waals surface area contributed by atoms with Crippen LogP contribution in [0.15, 0.2) is 204 Å². The SMILES string of the molecule is Oc1ccc(N(c2ccc(/C=N/N(c3ccccc3)c3ccccc3)cc2)c2ccc(/C=N/N(c3ccccc3)c3ccccc3)cc2)cc1. The van der Waals surface area contributed by atoms with Gasteiger partial charge >= 0.3 is 0 Å². The normalized spacial score (nSPS) is 11.1. The molecule has 7 rings (SSSR count). The lowest BCUT2D eigenvalue weighted by molar-refractivity contribution is 0.475. The number of benzene rings is 7. The Labute approximate surface area is 292 Å². The van der Waals surface area contributed by atoms with Crippen molar-refractivity contribution in [1.29, 1.82) is 0 Å². The van der Waals surface area contributed by atoms with E-state index in [0.717, 1.165) is 50.9 Å². The zero-order valence-electron chi connectivity index (χ0n) is 27.3. The van der Waals surface area contributed by atoms with E-state index in [0.29, 0.717) is 0 Å². The van der Waals surface area contributed by atoms with Gasteiger partial charge in [0.25, 0.3) is 0 Å². The van der Waals surface area contributed by atoms with Gasteiger partial charge in [-0.15, -0.1) is 0 Å². The number of para-hydroxylation sites is 4. The van der Waals surface area contributed by atoms with Crippen molar-refractivity contribution in [2.45, 2.75) is 0 Å². The van der Waals surface area contributed by atoms with E-state index in [1.807, 2.05) is 156 Å². The number of hydrogen-bond donors (Lipinski definition) is 1. The lowest BCUT2D eigenvalue weighted by Crippen LogP contribution is -2.11. The predicted molar refractivity (Wildman–Crippen MR) is 208 cm³/mol. The highest BCUT2D eigenvalue weighted by Gasteiger charge is 2.13. The van der Waals surface area contributed by atoms with Crippen LogP contribution in [0.25, 0.3) is 0 Å². The average Bonchev–Trinajstić information content (AvgIpc) is 3.19. The third kappa shape index (κ3) is 7.62. The number of rotatable bonds is 11. The number of hydrogen-bond acceptors (Lipinski definition) is 6. The van der Waals surface area contributed by atoms with Crippen molar-refractivity contribution in [1.82, 2.24) is 0 Å². The second-order valence-corrected chi connectivity index (χ2v) is 11.5. The molecule has 50 heavy (non-hydrogen) atoms. The van der Waals surface area contributed by atoms with Crippen molar-refractivity contribution in [2.75, 3.05) is 14.9 Å². The first-order chi connectivity index (χ1) is 24.7. The molecule has 0 aliphatic heterocycles. The molecule has 242 valence electrons. The minimum absolute atomic E-state index is 0.217. The first-order valence-electron chi connectivity index (χ1n) is 16.4. The maximum absolute atomic E-state index is 10.0. The lowest BCUT2D eigenvalue weighted by atomic mass is 10.1. The number of phenols is 1. The first kappa shape index (κ1) is 31.7. The Morgan fingerprint density at radius 1 is 0.320 bits per heavy atom. The van der Waals surface area contributed by atoms with Crippen LogP contribution >= 0.6 is 0 Å². The van der Waals surface area contributed by atoms with Crippen molar-refractivity contribution in [3.63, 3.8) is 0 Å². The highest BCUT2D eigenvalue weighted by molar-refractivity contribution is 5.86. The average molecular weight is 650 g/mol. The summed E-state index contributed by atoms with van der Waals surface area (Å²) in [6.45, 7) is 0. The van der Waals surface area contributed by atoms with Gasteiger partial charge in [-0.3, -0.25) is 0 Å². The smallest absolute Gasteiger partial charge is 0.115 e. The summed E-state index contributed by atoms with van der Waals surface area (Å²) in [7, 11) is 0. The van der Waals surface area contributed by atoms with Gasteiger partial charge in [0.05, 0.1) is 35.2 Å². The van der Waals surface area contributed by atoms with Gasteiger partial charge in [0.15, 0.2) is 0 Å². The molecule has 7 aromatic rings. The Bertz CT molecular complexity index is 1920. The Morgan fingerprint density at radius 3 is 0.900 bits per heavy atom. The van der Waals surface area contributed by atoms with E-state index in [1.54, 1.807) is 12.1 Å². The number of hydrazone groups is 2. The molecule has 0 spiro atoms. The van der Waals surface area contributed by atoms with Gasteiger partial charge in [-0.05, 0) is 108 Å². The van der Waals surface area contributed by atoms with Crippen LogP contribution in [0, 0.1) is 0 Å². The Kier molecular flexibility index (Phi) is 9.70. The molecule has 0 unspecified atom stereocenters. The summed E-state index contributed by atoms with van der Waals surface area (Å²) in [5.41, 5.74) is 8.70. The maximum Gasteiger partial charge on any atom is 0.115 e. The fourth-order valence-electron chi connectivity index (χ4n) is 5.56. The quantitative estimate of drug-likeness (QED) is 0.112. The van der Waals surface area contributed by atoms with Gasteiger partial charge in [-0.2, -0.15) is 10.2 Å². The fourth-order valence-corrected chi connectivity index (χ4v) is 5.56. The molecular weight excluding hydrogens is 615 g/mol. The zero-order chi connectivity index (χ0) is 34.0. The molecular formula is C44H35N5O. The molecule has 0 saturated carbocycles.